The SMILES string of the molecule is Cc1cc(C)nc(NC(C)NCc2ccccc2C(C)(C)C)c1. The van der Waals surface area contributed by atoms with E-state index in [1.807, 2.05) is 6.92 Å². The molecule has 3 heteroatoms. The smallest absolute Gasteiger partial charge is 0.127 e. The molecule has 1 aromatic heterocycles. The molecule has 0 saturated heterocycles. The number of anilines is 1. The van der Waals surface area contributed by atoms with E-state index in [0.29, 0.717) is 0 Å². The first-order valence-corrected chi connectivity index (χ1v) is 8.29. The second-order valence-corrected chi connectivity index (χ2v) is 7.33. The lowest BCUT2D eigenvalue weighted by molar-refractivity contribution is 0.557. The second-order valence-electron chi connectivity index (χ2n) is 7.33. The molecular weight excluding hydrogens is 282 g/mol. The quantitative estimate of drug-likeness (QED) is 0.796. The Labute approximate surface area is 140 Å². The molecule has 1 aromatic carbocycles. The fraction of sp³-hybridized carbons (Fsp3) is 0.450. The number of pyridine rings is 1. The Morgan fingerprint density at radius 2 is 1.78 bits per heavy atom. The van der Waals surface area contributed by atoms with Crippen molar-refractivity contribution < 1.29 is 0 Å². The topological polar surface area (TPSA) is 37.0 Å². The highest BCUT2D eigenvalue weighted by Gasteiger charge is 2.17. The van der Waals surface area contributed by atoms with Crippen LogP contribution < -0.4 is 10.6 Å². The second kappa shape index (κ2) is 7.14. The number of nitrogens with one attached hydrogen (secondary N) is 2. The van der Waals surface area contributed by atoms with Crippen molar-refractivity contribution in [2.24, 2.45) is 0 Å². The predicted molar refractivity (Wildman–Crippen MR) is 98.8 cm³/mol. The van der Waals surface area contributed by atoms with Gasteiger partial charge in [0.1, 0.15) is 5.82 Å². The molecule has 0 aliphatic carbocycles. The van der Waals surface area contributed by atoms with Crippen LogP contribution in [0.5, 0.6) is 0 Å². The number of aryl methyl sites for hydroxylation is 2. The van der Waals surface area contributed by atoms with Gasteiger partial charge in [-0.15, -0.1) is 0 Å². The first kappa shape index (κ1) is 17.5. The van der Waals surface area contributed by atoms with E-state index in [2.05, 4.69) is 86.6 Å². The minimum Gasteiger partial charge on any atom is -0.355 e. The van der Waals surface area contributed by atoms with Gasteiger partial charge in [-0.3, -0.25) is 5.32 Å². The average Bonchev–Trinajstić information content (AvgIpc) is 2.43. The third-order valence-electron chi connectivity index (χ3n) is 3.89. The lowest BCUT2D eigenvalue weighted by atomic mass is 9.84. The van der Waals surface area contributed by atoms with Crippen molar-refractivity contribution in [3.63, 3.8) is 0 Å². The van der Waals surface area contributed by atoms with Crippen LogP contribution >= 0.6 is 0 Å². The Hall–Kier alpha value is -1.87. The Balaban J connectivity index is 2.01. The van der Waals surface area contributed by atoms with Crippen LogP contribution in [0, 0.1) is 13.8 Å². The third-order valence-corrected chi connectivity index (χ3v) is 3.89. The summed E-state index contributed by atoms with van der Waals surface area (Å²) < 4.78 is 0. The molecule has 1 atom stereocenters. The highest BCUT2D eigenvalue weighted by Crippen LogP contribution is 2.25. The molecule has 0 aliphatic heterocycles. The highest BCUT2D eigenvalue weighted by molar-refractivity contribution is 5.40. The zero-order valence-electron chi connectivity index (χ0n) is 15.2. The third kappa shape index (κ3) is 5.07. The van der Waals surface area contributed by atoms with Gasteiger partial charge in [0.05, 0.1) is 6.17 Å². The molecule has 0 saturated carbocycles. The number of nitrogens with zero attached hydrogens (tertiary/aromatic N) is 1. The zero-order chi connectivity index (χ0) is 17.0. The standard InChI is InChI=1S/C20H29N3/c1-14-11-15(2)22-19(12-14)23-16(3)21-13-17-9-7-8-10-18(17)20(4,5)6/h7-12,16,21H,13H2,1-6H3,(H,22,23). The lowest BCUT2D eigenvalue weighted by Gasteiger charge is -2.24. The molecule has 124 valence electrons. The summed E-state index contributed by atoms with van der Waals surface area (Å²) in [4.78, 5) is 4.53. The molecular formula is C20H29N3. The van der Waals surface area contributed by atoms with E-state index < -0.39 is 0 Å². The molecule has 0 aliphatic rings. The maximum absolute atomic E-state index is 4.53. The number of hydrogen-bond acceptors (Lipinski definition) is 3. The molecule has 0 spiro atoms. The van der Waals surface area contributed by atoms with Crippen molar-refractivity contribution in [2.75, 3.05) is 5.32 Å². The lowest BCUT2D eigenvalue weighted by Crippen LogP contribution is -2.34. The normalized spacial score (nSPS) is 13.0. The highest BCUT2D eigenvalue weighted by atomic mass is 15.1. The minimum atomic E-state index is 0.150. The van der Waals surface area contributed by atoms with Crippen molar-refractivity contribution in [2.45, 2.75) is 59.7 Å². The van der Waals surface area contributed by atoms with Gasteiger partial charge < -0.3 is 5.32 Å². The van der Waals surface area contributed by atoms with Crippen molar-refractivity contribution in [3.8, 4) is 0 Å². The summed E-state index contributed by atoms with van der Waals surface area (Å²) >= 11 is 0. The summed E-state index contributed by atoms with van der Waals surface area (Å²) in [6, 6.07) is 12.8. The molecule has 0 radical (unpaired) electrons. The van der Waals surface area contributed by atoms with Gasteiger partial charge in [0, 0.05) is 12.2 Å². The predicted octanol–water partition coefficient (Wildman–Crippen LogP) is 4.54. The van der Waals surface area contributed by atoms with Crippen molar-refractivity contribution in [1.82, 2.24) is 10.3 Å². The number of aromatic nitrogens is 1. The summed E-state index contributed by atoms with van der Waals surface area (Å²) in [5.74, 6) is 0.923. The van der Waals surface area contributed by atoms with Crippen LogP contribution in [0.2, 0.25) is 0 Å². The zero-order valence-corrected chi connectivity index (χ0v) is 15.2. The minimum absolute atomic E-state index is 0.150. The maximum atomic E-state index is 4.53. The van der Waals surface area contributed by atoms with Crippen LogP contribution in [-0.2, 0) is 12.0 Å². The van der Waals surface area contributed by atoms with Crippen LogP contribution in [0.25, 0.3) is 0 Å². The van der Waals surface area contributed by atoms with Gasteiger partial charge in [-0.1, -0.05) is 45.0 Å². The Kier molecular flexibility index (Phi) is 5.42. The Bertz CT molecular complexity index is 636. The van der Waals surface area contributed by atoms with E-state index in [4.69, 9.17) is 0 Å². The molecule has 2 N–H and O–H groups in total. The Morgan fingerprint density at radius 1 is 1.09 bits per heavy atom. The molecule has 1 heterocycles. The molecule has 3 nitrogen and oxygen atoms in total. The van der Waals surface area contributed by atoms with Crippen molar-refractivity contribution in [1.29, 1.82) is 0 Å². The van der Waals surface area contributed by atoms with Gasteiger partial charge in [0.15, 0.2) is 0 Å². The number of rotatable bonds is 5. The van der Waals surface area contributed by atoms with Crippen LogP contribution in [0.1, 0.15) is 50.1 Å². The number of benzene rings is 1. The van der Waals surface area contributed by atoms with E-state index in [0.717, 1.165) is 18.1 Å². The molecule has 0 amide bonds. The van der Waals surface area contributed by atoms with Gasteiger partial charge in [-0.05, 0) is 55.0 Å². The molecule has 0 bridgehead atoms. The van der Waals surface area contributed by atoms with Crippen LogP contribution in [0.4, 0.5) is 5.82 Å². The largest absolute Gasteiger partial charge is 0.355 e. The van der Waals surface area contributed by atoms with Crippen LogP contribution in [0.15, 0.2) is 36.4 Å². The Morgan fingerprint density at radius 3 is 2.43 bits per heavy atom. The molecule has 2 rings (SSSR count). The van der Waals surface area contributed by atoms with Gasteiger partial charge >= 0.3 is 0 Å². The van der Waals surface area contributed by atoms with Gasteiger partial charge in [-0.2, -0.15) is 0 Å². The summed E-state index contributed by atoms with van der Waals surface area (Å²) in [6.07, 6.45) is 0.150. The van der Waals surface area contributed by atoms with Gasteiger partial charge in [-0.25, -0.2) is 4.98 Å². The molecule has 1 unspecified atom stereocenters. The molecule has 0 fully saturated rings. The first-order chi connectivity index (χ1) is 10.8. The van der Waals surface area contributed by atoms with Gasteiger partial charge in [0.2, 0.25) is 0 Å². The van der Waals surface area contributed by atoms with Crippen molar-refractivity contribution in [3.05, 3.63) is 58.8 Å². The summed E-state index contributed by atoms with van der Waals surface area (Å²) in [7, 11) is 0. The maximum Gasteiger partial charge on any atom is 0.127 e. The van der Waals surface area contributed by atoms with E-state index >= 15 is 0 Å². The average molecular weight is 311 g/mol. The van der Waals surface area contributed by atoms with E-state index in [1.54, 1.807) is 0 Å². The van der Waals surface area contributed by atoms with E-state index in [9.17, 15) is 0 Å². The summed E-state index contributed by atoms with van der Waals surface area (Å²) in [5, 5.41) is 6.98. The van der Waals surface area contributed by atoms with Crippen LogP contribution in [0.3, 0.4) is 0 Å². The molecule has 23 heavy (non-hydrogen) atoms. The molecule has 2 aromatic rings. The fourth-order valence-corrected chi connectivity index (χ4v) is 2.86. The van der Waals surface area contributed by atoms with E-state index in [-0.39, 0.29) is 11.6 Å². The first-order valence-electron chi connectivity index (χ1n) is 8.29. The summed E-state index contributed by atoms with van der Waals surface area (Å²) in [5.41, 5.74) is 5.17. The monoisotopic (exact) mass is 311 g/mol. The fourth-order valence-electron chi connectivity index (χ4n) is 2.86. The summed E-state index contributed by atoms with van der Waals surface area (Å²) in [6.45, 7) is 13.9. The van der Waals surface area contributed by atoms with Gasteiger partial charge in [0.25, 0.3) is 0 Å². The van der Waals surface area contributed by atoms with Crippen molar-refractivity contribution >= 4 is 5.82 Å². The van der Waals surface area contributed by atoms with Crippen LogP contribution in [-0.4, -0.2) is 11.1 Å². The number of hydrogen-bond donors (Lipinski definition) is 2. The van der Waals surface area contributed by atoms with E-state index in [1.165, 1.54) is 16.7 Å².